The van der Waals surface area contributed by atoms with Gasteiger partial charge in [-0.25, -0.2) is 4.79 Å². The number of ether oxygens (including phenoxy) is 1. The van der Waals surface area contributed by atoms with Crippen molar-refractivity contribution in [3.63, 3.8) is 0 Å². The minimum absolute atomic E-state index is 0.0761. The SMILES string of the molecule is CCCCOC(=O)N(C1CCNCC1)C1CC1. The van der Waals surface area contributed by atoms with E-state index >= 15 is 0 Å². The Morgan fingerprint density at radius 1 is 1.24 bits per heavy atom. The van der Waals surface area contributed by atoms with Gasteiger partial charge < -0.3 is 15.0 Å². The summed E-state index contributed by atoms with van der Waals surface area (Å²) in [5, 5.41) is 3.34. The molecule has 1 amide bonds. The Hall–Kier alpha value is -0.770. The zero-order valence-corrected chi connectivity index (χ0v) is 10.8. The quantitative estimate of drug-likeness (QED) is 0.749. The molecule has 0 unspecified atom stereocenters. The van der Waals surface area contributed by atoms with Crippen LogP contribution in [0.3, 0.4) is 0 Å². The Morgan fingerprint density at radius 2 is 1.88 bits per heavy atom. The van der Waals surface area contributed by atoms with Gasteiger partial charge in [0.1, 0.15) is 0 Å². The van der Waals surface area contributed by atoms with Crippen LogP contribution in [0.15, 0.2) is 0 Å². The van der Waals surface area contributed by atoms with Gasteiger partial charge in [0.05, 0.1) is 6.61 Å². The number of unbranched alkanes of at least 4 members (excludes halogenated alkanes) is 1. The second kappa shape index (κ2) is 6.24. The summed E-state index contributed by atoms with van der Waals surface area (Å²) in [7, 11) is 0. The lowest BCUT2D eigenvalue weighted by Gasteiger charge is -2.34. The fourth-order valence-electron chi connectivity index (χ4n) is 2.41. The van der Waals surface area contributed by atoms with Crippen molar-refractivity contribution in [1.82, 2.24) is 10.2 Å². The number of nitrogens with one attached hydrogen (secondary N) is 1. The molecule has 0 atom stereocenters. The summed E-state index contributed by atoms with van der Waals surface area (Å²) < 4.78 is 5.37. The van der Waals surface area contributed by atoms with Gasteiger partial charge in [-0.3, -0.25) is 0 Å². The van der Waals surface area contributed by atoms with Gasteiger partial charge >= 0.3 is 6.09 Å². The minimum atomic E-state index is -0.0761. The number of amides is 1. The molecule has 2 fully saturated rings. The first-order valence-corrected chi connectivity index (χ1v) is 6.98. The second-order valence-electron chi connectivity index (χ2n) is 5.09. The van der Waals surface area contributed by atoms with Crippen molar-refractivity contribution in [2.24, 2.45) is 0 Å². The van der Waals surface area contributed by atoms with Crippen LogP contribution in [0.25, 0.3) is 0 Å². The minimum Gasteiger partial charge on any atom is -0.449 e. The monoisotopic (exact) mass is 240 g/mol. The van der Waals surface area contributed by atoms with E-state index in [-0.39, 0.29) is 6.09 Å². The fraction of sp³-hybridized carbons (Fsp3) is 0.923. The third-order valence-electron chi connectivity index (χ3n) is 3.58. The first-order valence-electron chi connectivity index (χ1n) is 6.98. The zero-order valence-electron chi connectivity index (χ0n) is 10.8. The van der Waals surface area contributed by atoms with Crippen molar-refractivity contribution in [3.05, 3.63) is 0 Å². The van der Waals surface area contributed by atoms with Crippen molar-refractivity contribution < 1.29 is 9.53 Å². The van der Waals surface area contributed by atoms with Crippen LogP contribution in [0.1, 0.15) is 45.4 Å². The van der Waals surface area contributed by atoms with Crippen LogP contribution in [-0.2, 0) is 4.74 Å². The smallest absolute Gasteiger partial charge is 0.410 e. The fourth-order valence-corrected chi connectivity index (χ4v) is 2.41. The topological polar surface area (TPSA) is 41.6 Å². The summed E-state index contributed by atoms with van der Waals surface area (Å²) in [5.74, 6) is 0. The number of carbonyl (C=O) groups is 1. The van der Waals surface area contributed by atoms with Crippen LogP contribution in [-0.4, -0.2) is 42.8 Å². The summed E-state index contributed by atoms with van der Waals surface area (Å²) in [4.78, 5) is 14.1. The van der Waals surface area contributed by atoms with E-state index in [1.807, 2.05) is 4.90 Å². The van der Waals surface area contributed by atoms with Crippen molar-refractivity contribution in [2.45, 2.75) is 57.5 Å². The van der Waals surface area contributed by atoms with Crippen molar-refractivity contribution in [3.8, 4) is 0 Å². The second-order valence-corrected chi connectivity index (χ2v) is 5.09. The Labute approximate surface area is 104 Å². The lowest BCUT2D eigenvalue weighted by Crippen LogP contribution is -2.47. The zero-order chi connectivity index (χ0) is 12.1. The normalized spacial score (nSPS) is 21.2. The van der Waals surface area contributed by atoms with Crippen LogP contribution in [0.2, 0.25) is 0 Å². The third kappa shape index (κ3) is 3.60. The van der Waals surface area contributed by atoms with Crippen LogP contribution >= 0.6 is 0 Å². The van der Waals surface area contributed by atoms with Crippen molar-refractivity contribution in [2.75, 3.05) is 19.7 Å². The van der Waals surface area contributed by atoms with Gasteiger partial charge in [0.2, 0.25) is 0 Å². The molecular weight excluding hydrogens is 216 g/mol. The van der Waals surface area contributed by atoms with Crippen LogP contribution in [0.4, 0.5) is 4.79 Å². The molecule has 98 valence electrons. The predicted octanol–water partition coefficient (Wildman–Crippen LogP) is 2.14. The Balaban J connectivity index is 1.84. The average Bonchev–Trinajstić information content (AvgIpc) is 3.16. The average molecular weight is 240 g/mol. The highest BCUT2D eigenvalue weighted by Crippen LogP contribution is 2.31. The van der Waals surface area contributed by atoms with Crippen molar-refractivity contribution >= 4 is 6.09 Å². The molecular formula is C13H24N2O2. The van der Waals surface area contributed by atoms with Gasteiger partial charge in [0.15, 0.2) is 0 Å². The molecule has 1 N–H and O–H groups in total. The molecule has 17 heavy (non-hydrogen) atoms. The van der Waals surface area contributed by atoms with E-state index in [0.29, 0.717) is 18.7 Å². The first-order chi connectivity index (χ1) is 8.33. The van der Waals surface area contributed by atoms with Gasteiger partial charge in [0.25, 0.3) is 0 Å². The molecule has 0 aromatic carbocycles. The number of rotatable bonds is 5. The molecule has 0 bridgehead atoms. The lowest BCUT2D eigenvalue weighted by atomic mass is 10.1. The molecule has 4 heteroatoms. The summed E-state index contributed by atoms with van der Waals surface area (Å²) in [5.41, 5.74) is 0. The van der Waals surface area contributed by atoms with E-state index in [9.17, 15) is 4.79 Å². The van der Waals surface area contributed by atoms with Crippen LogP contribution in [0.5, 0.6) is 0 Å². The standard InChI is InChI=1S/C13H24N2O2/c1-2-3-10-17-13(16)15(11-4-5-11)12-6-8-14-9-7-12/h11-12,14H,2-10H2,1H3. The van der Waals surface area contributed by atoms with Gasteiger partial charge in [-0.2, -0.15) is 0 Å². The third-order valence-corrected chi connectivity index (χ3v) is 3.58. The highest BCUT2D eigenvalue weighted by molar-refractivity contribution is 5.69. The molecule has 0 aromatic heterocycles. The summed E-state index contributed by atoms with van der Waals surface area (Å²) in [6, 6.07) is 0.866. The van der Waals surface area contributed by atoms with Gasteiger partial charge in [-0.05, 0) is 45.2 Å². The van der Waals surface area contributed by atoms with Crippen molar-refractivity contribution in [1.29, 1.82) is 0 Å². The molecule has 2 aliphatic rings. The molecule has 1 heterocycles. The molecule has 1 saturated heterocycles. The number of carbonyl (C=O) groups excluding carboxylic acids is 1. The number of hydrogen-bond acceptors (Lipinski definition) is 3. The predicted molar refractivity (Wildman–Crippen MR) is 67.0 cm³/mol. The molecule has 1 aliphatic carbocycles. The lowest BCUT2D eigenvalue weighted by molar-refractivity contribution is 0.0741. The number of nitrogens with zero attached hydrogens (tertiary/aromatic N) is 1. The number of hydrogen-bond donors (Lipinski definition) is 1. The Morgan fingerprint density at radius 3 is 2.47 bits per heavy atom. The van der Waals surface area contributed by atoms with Gasteiger partial charge in [0, 0.05) is 12.1 Å². The maximum atomic E-state index is 12.1. The van der Waals surface area contributed by atoms with Gasteiger partial charge in [-0.1, -0.05) is 13.3 Å². The molecule has 2 rings (SSSR count). The highest BCUT2D eigenvalue weighted by atomic mass is 16.6. The van der Waals surface area contributed by atoms with E-state index in [4.69, 9.17) is 4.74 Å². The van der Waals surface area contributed by atoms with E-state index in [2.05, 4.69) is 12.2 Å². The van der Waals surface area contributed by atoms with Crippen LogP contribution < -0.4 is 5.32 Å². The molecule has 0 spiro atoms. The molecule has 4 nitrogen and oxygen atoms in total. The van der Waals surface area contributed by atoms with E-state index < -0.39 is 0 Å². The van der Waals surface area contributed by atoms with E-state index in [1.165, 1.54) is 0 Å². The Kier molecular flexibility index (Phi) is 4.66. The maximum absolute atomic E-state index is 12.1. The maximum Gasteiger partial charge on any atom is 0.410 e. The summed E-state index contributed by atoms with van der Waals surface area (Å²) >= 11 is 0. The van der Waals surface area contributed by atoms with Gasteiger partial charge in [-0.15, -0.1) is 0 Å². The largest absolute Gasteiger partial charge is 0.449 e. The Bertz CT molecular complexity index is 248. The summed E-state index contributed by atoms with van der Waals surface area (Å²) in [6.45, 7) is 4.73. The van der Waals surface area contributed by atoms with E-state index in [0.717, 1.165) is 51.6 Å². The highest BCUT2D eigenvalue weighted by Gasteiger charge is 2.38. The molecule has 1 saturated carbocycles. The van der Waals surface area contributed by atoms with E-state index in [1.54, 1.807) is 0 Å². The first kappa shape index (κ1) is 12.7. The molecule has 0 radical (unpaired) electrons. The molecule has 0 aromatic rings. The number of piperidine rings is 1. The summed E-state index contributed by atoms with van der Waals surface area (Å²) in [6.07, 6.45) is 6.42. The molecule has 1 aliphatic heterocycles. The van der Waals surface area contributed by atoms with Crippen LogP contribution in [0, 0.1) is 0 Å².